The van der Waals surface area contributed by atoms with Crippen molar-refractivity contribution in [3.8, 4) is 22.7 Å². The fourth-order valence-corrected chi connectivity index (χ4v) is 4.19. The summed E-state index contributed by atoms with van der Waals surface area (Å²) in [6.45, 7) is 0. The second kappa shape index (κ2) is 7.36. The molecule has 4 heterocycles. The van der Waals surface area contributed by atoms with Crippen LogP contribution in [0.25, 0.3) is 23.0 Å². The summed E-state index contributed by atoms with van der Waals surface area (Å²) in [6, 6.07) is 5.49. The van der Waals surface area contributed by atoms with E-state index in [2.05, 4.69) is 25.5 Å². The van der Waals surface area contributed by atoms with E-state index in [-0.39, 0.29) is 11.8 Å². The predicted molar refractivity (Wildman–Crippen MR) is 106 cm³/mol. The van der Waals surface area contributed by atoms with Crippen LogP contribution in [0.1, 0.15) is 31.5 Å². The highest BCUT2D eigenvalue weighted by Crippen LogP contribution is 2.33. The van der Waals surface area contributed by atoms with Gasteiger partial charge in [0, 0.05) is 36.1 Å². The van der Waals surface area contributed by atoms with Crippen LogP contribution >= 0.6 is 0 Å². The summed E-state index contributed by atoms with van der Waals surface area (Å²) in [5.41, 5.74) is 2.52. The molecule has 2 aliphatic heterocycles. The van der Waals surface area contributed by atoms with Gasteiger partial charge in [-0.05, 0) is 43.0 Å². The van der Waals surface area contributed by atoms with Crippen molar-refractivity contribution in [3.05, 3.63) is 54.5 Å². The van der Waals surface area contributed by atoms with E-state index in [0.717, 1.165) is 30.5 Å². The van der Waals surface area contributed by atoms with E-state index in [9.17, 15) is 9.50 Å². The van der Waals surface area contributed by atoms with Crippen molar-refractivity contribution < 1.29 is 9.50 Å². The van der Waals surface area contributed by atoms with Crippen LogP contribution in [0.3, 0.4) is 0 Å². The molecule has 5 rings (SSSR count). The highest BCUT2D eigenvalue weighted by molar-refractivity contribution is 5.68. The molecule has 2 fully saturated rings. The molecule has 2 aromatic heterocycles. The number of hydrogen-bond acceptors (Lipinski definition) is 6. The largest absolute Gasteiger partial charge is 0.507 e. The minimum absolute atomic E-state index is 0.0772. The van der Waals surface area contributed by atoms with Gasteiger partial charge in [-0.1, -0.05) is 6.42 Å². The number of benzene rings is 1. The van der Waals surface area contributed by atoms with Crippen LogP contribution in [0.15, 0.2) is 48.7 Å². The van der Waals surface area contributed by atoms with Crippen molar-refractivity contribution in [2.24, 2.45) is 0 Å². The first-order chi connectivity index (χ1) is 14.2. The van der Waals surface area contributed by atoms with E-state index in [0.29, 0.717) is 29.5 Å². The smallest absolute Gasteiger partial charge is 0.174 e. The molecule has 29 heavy (non-hydrogen) atoms. The Bertz CT molecular complexity index is 1030. The monoisotopic (exact) mass is 392 g/mol. The van der Waals surface area contributed by atoms with Crippen LogP contribution in [0, 0.1) is 0 Å². The second-order valence-corrected chi connectivity index (χ2v) is 7.60. The van der Waals surface area contributed by atoms with Crippen molar-refractivity contribution in [2.45, 2.75) is 43.9 Å². The molecule has 1 aromatic carbocycles. The van der Waals surface area contributed by atoms with E-state index in [1.54, 1.807) is 47.7 Å². The van der Waals surface area contributed by atoms with Crippen molar-refractivity contribution >= 4 is 6.08 Å². The molecule has 8 heteroatoms. The number of alkyl halides is 1. The van der Waals surface area contributed by atoms with E-state index in [1.165, 1.54) is 0 Å². The molecule has 2 bridgehead atoms. The molecular formula is C21H21FN6O. The first-order valence-electron chi connectivity index (χ1n) is 9.79. The van der Waals surface area contributed by atoms with Gasteiger partial charge in [0.2, 0.25) is 0 Å². The summed E-state index contributed by atoms with van der Waals surface area (Å²) in [6.07, 6.45) is 11.1. The zero-order chi connectivity index (χ0) is 19.8. The lowest BCUT2D eigenvalue weighted by Gasteiger charge is -2.39. The summed E-state index contributed by atoms with van der Waals surface area (Å²) in [4.78, 5) is 8.33. The lowest BCUT2D eigenvalue weighted by atomic mass is 9.82. The van der Waals surface area contributed by atoms with Gasteiger partial charge >= 0.3 is 0 Å². The first kappa shape index (κ1) is 17.9. The van der Waals surface area contributed by atoms with E-state index < -0.39 is 6.17 Å². The topological polar surface area (TPSA) is 88.8 Å². The highest BCUT2D eigenvalue weighted by Gasteiger charge is 2.36. The normalized spacial score (nSPS) is 25.3. The van der Waals surface area contributed by atoms with Crippen LogP contribution in [0.4, 0.5) is 4.39 Å². The van der Waals surface area contributed by atoms with Crippen molar-refractivity contribution in [1.82, 2.24) is 30.0 Å². The molecule has 148 valence electrons. The number of hydrogen-bond donors (Lipinski definition) is 2. The Hall–Kier alpha value is -3.13. The maximum absolute atomic E-state index is 14.7. The zero-order valence-electron chi connectivity index (χ0n) is 15.7. The fourth-order valence-electron chi connectivity index (χ4n) is 4.19. The molecule has 3 atom stereocenters. The lowest BCUT2D eigenvalue weighted by Crippen LogP contribution is -2.52. The maximum Gasteiger partial charge on any atom is 0.174 e. The number of phenols is 1. The Labute approximate surface area is 167 Å². The van der Waals surface area contributed by atoms with Gasteiger partial charge in [0.25, 0.3) is 0 Å². The number of aromatic nitrogens is 5. The van der Waals surface area contributed by atoms with E-state index >= 15 is 0 Å². The minimum atomic E-state index is -1.01. The third-order valence-electron chi connectivity index (χ3n) is 5.66. The summed E-state index contributed by atoms with van der Waals surface area (Å²) < 4.78 is 16.5. The number of nitrogens with one attached hydrogen (secondary N) is 1. The molecule has 0 saturated carbocycles. The maximum atomic E-state index is 14.7. The Morgan fingerprint density at radius 3 is 2.93 bits per heavy atom. The third-order valence-corrected chi connectivity index (χ3v) is 5.66. The Morgan fingerprint density at radius 1 is 1.24 bits per heavy atom. The van der Waals surface area contributed by atoms with Crippen LogP contribution in [-0.2, 0) is 0 Å². The molecule has 0 radical (unpaired) electrons. The van der Waals surface area contributed by atoms with Crippen LogP contribution in [0.5, 0.6) is 5.75 Å². The highest BCUT2D eigenvalue weighted by atomic mass is 19.1. The van der Waals surface area contributed by atoms with Gasteiger partial charge in [-0.15, -0.1) is 10.2 Å². The van der Waals surface area contributed by atoms with Gasteiger partial charge in [0.1, 0.15) is 17.6 Å². The Morgan fingerprint density at radius 2 is 2.17 bits per heavy atom. The molecule has 2 N–H and O–H groups in total. The molecule has 2 aliphatic rings. The van der Waals surface area contributed by atoms with Crippen molar-refractivity contribution in [2.75, 3.05) is 0 Å². The lowest BCUT2D eigenvalue weighted by molar-refractivity contribution is 0.179. The average Bonchev–Trinajstić information content (AvgIpc) is 3.28. The molecule has 7 nitrogen and oxygen atoms in total. The molecule has 0 amide bonds. The van der Waals surface area contributed by atoms with Crippen molar-refractivity contribution in [1.29, 1.82) is 0 Å². The van der Waals surface area contributed by atoms with Crippen molar-refractivity contribution in [3.63, 3.8) is 0 Å². The zero-order valence-corrected chi connectivity index (χ0v) is 15.7. The van der Waals surface area contributed by atoms with Gasteiger partial charge in [0.05, 0.1) is 18.2 Å². The number of rotatable bonds is 3. The van der Waals surface area contributed by atoms with Gasteiger partial charge in [-0.25, -0.2) is 14.4 Å². The van der Waals surface area contributed by atoms with Gasteiger partial charge in [0.15, 0.2) is 5.82 Å². The predicted octanol–water partition coefficient (Wildman–Crippen LogP) is 3.07. The standard InChI is InChI=1S/C21H21FN6O/c22-21-13(8-14-2-1-3-17(21)25-14)9-20-24-11-18(26-27-20)16-5-4-15(10-19(16)29)28-7-6-23-12-28/h4-7,9-12,14,17,21,25,29H,1-3,8H2/b13-9+/t14-,17+,21-/m1/s1. The Balaban J connectivity index is 1.38. The summed E-state index contributed by atoms with van der Waals surface area (Å²) in [5.74, 6) is 0.467. The van der Waals surface area contributed by atoms with Gasteiger partial charge in [-0.3, -0.25) is 0 Å². The summed E-state index contributed by atoms with van der Waals surface area (Å²) in [7, 11) is 0. The summed E-state index contributed by atoms with van der Waals surface area (Å²) >= 11 is 0. The Kier molecular flexibility index (Phi) is 4.55. The molecule has 3 aromatic rings. The first-order valence-corrected chi connectivity index (χ1v) is 9.79. The molecule has 2 saturated heterocycles. The summed E-state index contributed by atoms with van der Waals surface area (Å²) in [5, 5.41) is 22.1. The number of aromatic hydroxyl groups is 1. The molecule has 0 aliphatic carbocycles. The van der Waals surface area contributed by atoms with E-state index in [1.807, 2.05) is 6.07 Å². The number of fused-ring (bicyclic) bond motifs is 2. The second-order valence-electron chi connectivity index (χ2n) is 7.60. The molecule has 0 spiro atoms. The number of piperidine rings is 2. The fraction of sp³-hybridized carbons (Fsp3) is 0.333. The van der Waals surface area contributed by atoms with E-state index in [4.69, 9.17) is 0 Å². The molecular weight excluding hydrogens is 371 g/mol. The number of phenolic OH excluding ortho intramolecular Hbond substituents is 1. The minimum Gasteiger partial charge on any atom is -0.507 e. The number of imidazole rings is 1. The molecule has 0 unspecified atom stereocenters. The van der Waals surface area contributed by atoms with Crippen LogP contribution < -0.4 is 5.32 Å². The number of nitrogens with zero attached hydrogens (tertiary/aromatic N) is 5. The van der Waals surface area contributed by atoms with Gasteiger partial charge < -0.3 is 15.0 Å². The SMILES string of the molecule is Oc1cc(-n2ccnc2)ccc1-c1cnc(/C=C2\C[C@H]3CCC[C@H](N3)[C@@H]2F)nn1. The third kappa shape index (κ3) is 3.51. The average molecular weight is 392 g/mol. The van der Waals surface area contributed by atoms with Crippen LogP contribution in [0.2, 0.25) is 0 Å². The quantitative estimate of drug-likeness (QED) is 0.712. The van der Waals surface area contributed by atoms with Gasteiger partial charge in [-0.2, -0.15) is 0 Å². The number of halogens is 1. The van der Waals surface area contributed by atoms with Crippen LogP contribution in [-0.4, -0.2) is 48.1 Å².